The number of hydrogen-bond donors (Lipinski definition) is 0. The van der Waals surface area contributed by atoms with Crippen molar-refractivity contribution >= 4 is 31.7 Å². The molecule has 0 heterocycles. The van der Waals surface area contributed by atoms with Gasteiger partial charge in [-0.2, -0.15) is 0 Å². The molecule has 0 aromatic rings. The summed E-state index contributed by atoms with van der Waals surface area (Å²) in [6.45, 7) is 22.4. The van der Waals surface area contributed by atoms with E-state index in [-0.39, 0.29) is 31.7 Å². The van der Waals surface area contributed by atoms with Crippen molar-refractivity contribution in [2.75, 3.05) is 49.3 Å². The van der Waals surface area contributed by atoms with Crippen molar-refractivity contribution in [3.8, 4) is 0 Å². The average Bonchev–Trinajstić information content (AvgIpc) is 3.21. The molecule has 0 atom stereocenters. The largest absolute Gasteiger partial charge is 0.0978 e. The fourth-order valence-corrected chi connectivity index (χ4v) is 31.0. The maximum Gasteiger partial charge on any atom is 0.0209 e. The van der Waals surface area contributed by atoms with Crippen LogP contribution in [0.3, 0.4) is 0 Å². The zero-order valence-electron chi connectivity index (χ0n) is 40.9. The van der Waals surface area contributed by atoms with Gasteiger partial charge in [0.25, 0.3) is 0 Å². The van der Waals surface area contributed by atoms with Gasteiger partial charge >= 0.3 is 0 Å². The van der Waals surface area contributed by atoms with Crippen LogP contribution in [-0.4, -0.2) is 59.6 Å². The highest BCUT2D eigenvalue weighted by atomic mass is 31.2. The Morgan fingerprint density at radius 2 is 0.446 bits per heavy atom. The first-order valence-electron chi connectivity index (χ1n) is 26.5. The summed E-state index contributed by atoms with van der Waals surface area (Å²) in [5, 5.41) is 1.12. The summed E-state index contributed by atoms with van der Waals surface area (Å²) in [5.41, 5.74) is 0. The van der Waals surface area contributed by atoms with Crippen LogP contribution in [0.5, 0.6) is 0 Å². The van der Waals surface area contributed by atoms with E-state index in [0.717, 1.165) is 5.40 Å². The summed E-state index contributed by atoms with van der Waals surface area (Å²) in [6, 6.07) is 0. The molecular weight excluding hydrogens is 748 g/mol. The Hall–Kier alpha value is 1.72. The molecule has 0 radical (unpaired) electrons. The Labute approximate surface area is 363 Å². The molecule has 0 spiro atoms. The first-order valence-corrected chi connectivity index (χ1v) is 33.5. The van der Waals surface area contributed by atoms with Gasteiger partial charge in [-0.15, -0.1) is 0 Å². The molecule has 0 rings (SSSR count). The van der Waals surface area contributed by atoms with Crippen LogP contribution in [0.25, 0.3) is 0 Å². The van der Waals surface area contributed by atoms with E-state index in [4.69, 9.17) is 0 Å². The standard InChI is InChI=1S/C52H110P4/c1-10-19-27-35-43-53(44-36-28-20-11-2)51(54(45-37-29-21-12-3)46-38-30-22-13-4)52(18-9,55(47-39-31-23-14-5)48-40-32-24-15-6)56(49-41-33-25-16-7)50-42-34-26-17-8/h51H,10-50H2,1-9H3. The number of hydrogen-bond acceptors (Lipinski definition) is 0. The molecular formula is C52H110P4. The smallest absolute Gasteiger partial charge is 0.0209 e. The molecule has 0 fully saturated rings. The van der Waals surface area contributed by atoms with Crippen LogP contribution in [0, 0.1) is 0 Å². The molecule has 4 heteroatoms. The van der Waals surface area contributed by atoms with Crippen molar-refractivity contribution in [3.05, 3.63) is 0 Å². The van der Waals surface area contributed by atoms with Crippen molar-refractivity contribution in [1.82, 2.24) is 0 Å². The van der Waals surface area contributed by atoms with Crippen LogP contribution < -0.4 is 0 Å². The lowest BCUT2D eigenvalue weighted by atomic mass is 10.2. The lowest BCUT2D eigenvalue weighted by Crippen LogP contribution is -2.41. The Morgan fingerprint density at radius 1 is 0.250 bits per heavy atom. The molecule has 0 aliphatic carbocycles. The summed E-state index contributed by atoms with van der Waals surface area (Å²) in [6.07, 6.45) is 61.9. The molecule has 0 aromatic heterocycles. The van der Waals surface area contributed by atoms with Crippen LogP contribution in [-0.2, 0) is 0 Å². The van der Waals surface area contributed by atoms with Crippen LogP contribution in [0.15, 0.2) is 0 Å². The second kappa shape index (κ2) is 43.4. The van der Waals surface area contributed by atoms with Crippen LogP contribution in [0.1, 0.15) is 274 Å². The third-order valence-corrected chi connectivity index (χ3v) is 30.1. The zero-order chi connectivity index (χ0) is 41.4. The van der Waals surface area contributed by atoms with Gasteiger partial charge < -0.3 is 0 Å². The number of unbranched alkanes of at least 4 members (excludes halogenated alkanes) is 24. The van der Waals surface area contributed by atoms with E-state index in [1.54, 1.807) is 107 Å². The van der Waals surface area contributed by atoms with Gasteiger partial charge in [0, 0.05) is 10.3 Å². The molecule has 0 saturated heterocycles. The second-order valence-corrected chi connectivity index (χ2v) is 29.6. The van der Waals surface area contributed by atoms with Gasteiger partial charge in [0.1, 0.15) is 0 Å². The van der Waals surface area contributed by atoms with Gasteiger partial charge in [0.2, 0.25) is 0 Å². The van der Waals surface area contributed by atoms with E-state index in [2.05, 4.69) is 62.3 Å². The Kier molecular flexibility index (Phi) is 44.7. The van der Waals surface area contributed by atoms with Crippen molar-refractivity contribution in [2.24, 2.45) is 0 Å². The zero-order valence-corrected chi connectivity index (χ0v) is 44.4. The van der Waals surface area contributed by atoms with Crippen LogP contribution in [0.4, 0.5) is 0 Å². The van der Waals surface area contributed by atoms with Crippen molar-refractivity contribution in [2.45, 2.75) is 284 Å². The van der Waals surface area contributed by atoms with Crippen molar-refractivity contribution in [3.63, 3.8) is 0 Å². The average molecular weight is 859 g/mol. The third kappa shape index (κ3) is 26.9. The van der Waals surface area contributed by atoms with E-state index in [0.29, 0.717) is 4.90 Å². The fraction of sp³-hybridized carbons (Fsp3) is 1.00. The highest BCUT2D eigenvalue weighted by molar-refractivity contribution is 7.84. The Bertz CT molecular complexity index is 653. The Balaban J connectivity index is 7.94. The predicted molar refractivity (Wildman–Crippen MR) is 277 cm³/mol. The summed E-state index contributed by atoms with van der Waals surface area (Å²) >= 11 is 0. The molecule has 0 nitrogen and oxygen atoms in total. The first kappa shape index (κ1) is 57.7. The summed E-state index contributed by atoms with van der Waals surface area (Å²) in [4.78, 5) is 0.698. The monoisotopic (exact) mass is 859 g/mol. The quantitative estimate of drug-likeness (QED) is 0.0423. The van der Waals surface area contributed by atoms with Crippen molar-refractivity contribution in [1.29, 1.82) is 0 Å². The maximum atomic E-state index is 2.84. The van der Waals surface area contributed by atoms with E-state index in [1.165, 1.54) is 154 Å². The van der Waals surface area contributed by atoms with Gasteiger partial charge in [-0.25, -0.2) is 0 Å². The van der Waals surface area contributed by atoms with E-state index >= 15 is 0 Å². The highest BCUT2D eigenvalue weighted by Gasteiger charge is 2.52. The van der Waals surface area contributed by atoms with Gasteiger partial charge in [-0.05, 0) is 107 Å². The van der Waals surface area contributed by atoms with Crippen LogP contribution in [0.2, 0.25) is 0 Å². The van der Waals surface area contributed by atoms with E-state index < -0.39 is 0 Å². The lowest BCUT2D eigenvalue weighted by molar-refractivity contribution is 0.669. The molecule has 0 aliphatic rings. The van der Waals surface area contributed by atoms with E-state index in [1.807, 2.05) is 0 Å². The van der Waals surface area contributed by atoms with Gasteiger partial charge in [0.15, 0.2) is 0 Å². The molecule has 0 aliphatic heterocycles. The highest BCUT2D eigenvalue weighted by Crippen LogP contribution is 2.81. The predicted octanol–water partition coefficient (Wildman–Crippen LogP) is 21.0. The maximum absolute atomic E-state index is 2.84. The summed E-state index contributed by atoms with van der Waals surface area (Å²) in [5.74, 6) is 0. The van der Waals surface area contributed by atoms with Gasteiger partial charge in [-0.1, -0.05) is 248 Å². The molecule has 0 amide bonds. The van der Waals surface area contributed by atoms with E-state index in [9.17, 15) is 0 Å². The second-order valence-electron chi connectivity index (χ2n) is 18.1. The first-order chi connectivity index (χ1) is 27.5. The van der Waals surface area contributed by atoms with Gasteiger partial charge in [-0.3, -0.25) is 0 Å². The topological polar surface area (TPSA) is 0 Å². The minimum atomic E-state index is 0.0402. The SMILES string of the molecule is CCCCCCP(CCCCCC)C(P(CCCCCC)CCCCCC)C(CC)(P(CCCCCC)CCCCCC)P(CCCCCC)CCCCCC. The minimum Gasteiger partial charge on any atom is -0.0978 e. The van der Waals surface area contributed by atoms with Gasteiger partial charge in [0.05, 0.1) is 0 Å². The number of rotatable bonds is 46. The molecule has 338 valence electrons. The van der Waals surface area contributed by atoms with Crippen LogP contribution >= 0.6 is 31.7 Å². The lowest BCUT2D eigenvalue weighted by Gasteiger charge is -2.57. The molecule has 0 unspecified atom stereocenters. The normalized spacial score (nSPS) is 12.5. The minimum absolute atomic E-state index is 0.0402. The molecule has 0 aromatic carbocycles. The molecule has 0 saturated carbocycles. The molecule has 0 bridgehead atoms. The summed E-state index contributed by atoms with van der Waals surface area (Å²) in [7, 11) is 0.221. The molecule has 56 heavy (non-hydrogen) atoms. The third-order valence-electron chi connectivity index (χ3n) is 13.0. The fourth-order valence-electron chi connectivity index (χ4n) is 9.57. The Morgan fingerprint density at radius 3 is 0.625 bits per heavy atom. The summed E-state index contributed by atoms with van der Waals surface area (Å²) < 4.78 is 0. The molecule has 0 N–H and O–H groups in total. The van der Waals surface area contributed by atoms with Crippen molar-refractivity contribution < 1.29 is 0 Å².